The second-order valence-electron chi connectivity index (χ2n) is 3.38. The number of hydrogen-bond acceptors (Lipinski definition) is 2. The van der Waals surface area contributed by atoms with Gasteiger partial charge in [0.1, 0.15) is 0 Å². The zero-order valence-electron chi connectivity index (χ0n) is 8.05. The van der Waals surface area contributed by atoms with E-state index in [-0.39, 0.29) is 0 Å². The van der Waals surface area contributed by atoms with Crippen molar-refractivity contribution in [1.82, 2.24) is 4.98 Å². The highest BCUT2D eigenvalue weighted by molar-refractivity contribution is 7.17. The average molecular weight is 211 g/mol. The summed E-state index contributed by atoms with van der Waals surface area (Å²) in [6, 6.07) is 12.7. The first kappa shape index (κ1) is 8.62. The van der Waals surface area contributed by atoms with Crippen molar-refractivity contribution in [3.8, 4) is 11.1 Å². The zero-order chi connectivity index (χ0) is 10.1. The van der Waals surface area contributed by atoms with Gasteiger partial charge in [0.25, 0.3) is 0 Å². The number of pyridine rings is 1. The minimum absolute atomic E-state index is 1.23. The number of fused-ring (bicyclic) bond motifs is 1. The summed E-state index contributed by atoms with van der Waals surface area (Å²) >= 11 is 1.79. The quantitative estimate of drug-likeness (QED) is 0.593. The summed E-state index contributed by atoms with van der Waals surface area (Å²) in [7, 11) is 0. The number of benzene rings is 1. The summed E-state index contributed by atoms with van der Waals surface area (Å²) in [5, 5.41) is 3.45. The lowest BCUT2D eigenvalue weighted by Crippen LogP contribution is -1.77. The summed E-state index contributed by atoms with van der Waals surface area (Å²) in [6.07, 6.45) is 3.67. The maximum atomic E-state index is 4.04. The van der Waals surface area contributed by atoms with Crippen molar-refractivity contribution in [2.45, 2.75) is 0 Å². The predicted molar refractivity (Wildman–Crippen MR) is 65.1 cm³/mol. The standard InChI is InChI=1S/C13H9NS/c1-2-11-6-9-15-13(11)12(3-1)10-4-7-14-8-5-10/h1-9H. The number of thiophene rings is 1. The van der Waals surface area contributed by atoms with E-state index in [1.54, 1.807) is 11.3 Å². The van der Waals surface area contributed by atoms with Gasteiger partial charge >= 0.3 is 0 Å². The van der Waals surface area contributed by atoms with Gasteiger partial charge in [-0.2, -0.15) is 0 Å². The van der Waals surface area contributed by atoms with Crippen LogP contribution in [0.1, 0.15) is 0 Å². The van der Waals surface area contributed by atoms with E-state index < -0.39 is 0 Å². The summed E-state index contributed by atoms with van der Waals surface area (Å²) < 4.78 is 1.35. The fourth-order valence-electron chi connectivity index (χ4n) is 1.75. The van der Waals surface area contributed by atoms with E-state index in [2.05, 4.69) is 46.8 Å². The Morgan fingerprint density at radius 2 is 1.80 bits per heavy atom. The first-order chi connectivity index (χ1) is 7.45. The highest BCUT2D eigenvalue weighted by Gasteiger charge is 2.03. The highest BCUT2D eigenvalue weighted by Crippen LogP contribution is 2.31. The molecule has 0 aliphatic carbocycles. The second kappa shape index (κ2) is 3.48. The maximum absolute atomic E-state index is 4.04. The topological polar surface area (TPSA) is 12.9 Å². The average Bonchev–Trinajstić information content (AvgIpc) is 2.78. The molecule has 3 rings (SSSR count). The van der Waals surface area contributed by atoms with Crippen LogP contribution in [0.2, 0.25) is 0 Å². The normalized spacial score (nSPS) is 10.7. The molecule has 1 nitrogen and oxygen atoms in total. The fraction of sp³-hybridized carbons (Fsp3) is 0. The van der Waals surface area contributed by atoms with Gasteiger partial charge < -0.3 is 0 Å². The molecule has 2 aromatic heterocycles. The molecular formula is C13H9NS. The summed E-state index contributed by atoms with van der Waals surface area (Å²) in [4.78, 5) is 4.04. The molecule has 15 heavy (non-hydrogen) atoms. The van der Waals surface area contributed by atoms with Crippen molar-refractivity contribution >= 4 is 21.4 Å². The van der Waals surface area contributed by atoms with Crippen LogP contribution in [0, 0.1) is 0 Å². The molecule has 0 fully saturated rings. The smallest absolute Gasteiger partial charge is 0.0421 e. The van der Waals surface area contributed by atoms with Gasteiger partial charge in [-0.1, -0.05) is 18.2 Å². The van der Waals surface area contributed by atoms with E-state index in [1.165, 1.54) is 21.2 Å². The predicted octanol–water partition coefficient (Wildman–Crippen LogP) is 3.96. The monoisotopic (exact) mass is 211 g/mol. The minimum Gasteiger partial charge on any atom is -0.265 e. The highest BCUT2D eigenvalue weighted by atomic mass is 32.1. The van der Waals surface area contributed by atoms with E-state index in [4.69, 9.17) is 0 Å². The Bertz CT molecular complexity index is 584. The van der Waals surface area contributed by atoms with Crippen LogP contribution < -0.4 is 0 Å². The third-order valence-corrected chi connectivity index (χ3v) is 3.43. The van der Waals surface area contributed by atoms with Gasteiger partial charge in [-0.25, -0.2) is 0 Å². The number of nitrogens with zero attached hydrogens (tertiary/aromatic N) is 1. The van der Waals surface area contributed by atoms with Gasteiger partial charge in [0.2, 0.25) is 0 Å². The first-order valence-corrected chi connectivity index (χ1v) is 5.70. The molecule has 2 heteroatoms. The lowest BCUT2D eigenvalue weighted by molar-refractivity contribution is 1.33. The number of hydrogen-bond donors (Lipinski definition) is 0. The third-order valence-electron chi connectivity index (χ3n) is 2.47. The lowest BCUT2D eigenvalue weighted by Gasteiger charge is -2.02. The van der Waals surface area contributed by atoms with Crippen LogP contribution in [0.5, 0.6) is 0 Å². The van der Waals surface area contributed by atoms with Gasteiger partial charge in [0.05, 0.1) is 0 Å². The van der Waals surface area contributed by atoms with Crippen LogP contribution in [0.4, 0.5) is 0 Å². The molecule has 0 aliphatic heterocycles. The molecule has 0 spiro atoms. The van der Waals surface area contributed by atoms with Crippen LogP contribution in [-0.2, 0) is 0 Å². The van der Waals surface area contributed by atoms with Gasteiger partial charge in [-0.05, 0) is 40.1 Å². The van der Waals surface area contributed by atoms with Gasteiger partial charge in [0.15, 0.2) is 0 Å². The Labute approximate surface area is 92.0 Å². The van der Waals surface area contributed by atoms with Gasteiger partial charge in [0, 0.05) is 17.1 Å². The van der Waals surface area contributed by atoms with Crippen molar-refractivity contribution in [3.05, 3.63) is 54.2 Å². The van der Waals surface area contributed by atoms with E-state index in [0.717, 1.165) is 0 Å². The zero-order valence-corrected chi connectivity index (χ0v) is 8.87. The molecule has 0 amide bonds. The van der Waals surface area contributed by atoms with Crippen LogP contribution in [0.15, 0.2) is 54.2 Å². The van der Waals surface area contributed by atoms with Crippen molar-refractivity contribution < 1.29 is 0 Å². The molecule has 0 aliphatic rings. The molecular weight excluding hydrogens is 202 g/mol. The van der Waals surface area contributed by atoms with Crippen LogP contribution in [-0.4, -0.2) is 4.98 Å². The molecule has 0 atom stereocenters. The van der Waals surface area contributed by atoms with E-state index in [1.807, 2.05) is 12.4 Å². The first-order valence-electron chi connectivity index (χ1n) is 4.82. The van der Waals surface area contributed by atoms with Crippen molar-refractivity contribution in [2.75, 3.05) is 0 Å². The Hall–Kier alpha value is -1.67. The van der Waals surface area contributed by atoms with Crippen molar-refractivity contribution in [2.24, 2.45) is 0 Å². The van der Waals surface area contributed by atoms with Crippen LogP contribution >= 0.6 is 11.3 Å². The van der Waals surface area contributed by atoms with Crippen molar-refractivity contribution in [1.29, 1.82) is 0 Å². The van der Waals surface area contributed by atoms with Crippen LogP contribution in [0.25, 0.3) is 21.2 Å². The van der Waals surface area contributed by atoms with E-state index in [9.17, 15) is 0 Å². The SMILES string of the molecule is c1cc(-c2ccncc2)c2sccc2c1. The molecule has 0 bridgehead atoms. The van der Waals surface area contributed by atoms with Gasteiger partial charge in [-0.15, -0.1) is 11.3 Å². The Kier molecular flexibility index (Phi) is 2.00. The minimum atomic E-state index is 1.23. The molecule has 0 saturated heterocycles. The Balaban J connectivity index is 2.31. The maximum Gasteiger partial charge on any atom is 0.0421 e. The van der Waals surface area contributed by atoms with E-state index in [0.29, 0.717) is 0 Å². The van der Waals surface area contributed by atoms with E-state index >= 15 is 0 Å². The third kappa shape index (κ3) is 1.43. The Morgan fingerprint density at radius 1 is 0.933 bits per heavy atom. The molecule has 0 N–H and O–H groups in total. The molecule has 0 saturated carbocycles. The van der Waals surface area contributed by atoms with Crippen molar-refractivity contribution in [3.63, 3.8) is 0 Å². The molecule has 72 valence electrons. The number of aromatic nitrogens is 1. The molecule has 1 aromatic carbocycles. The second-order valence-corrected chi connectivity index (χ2v) is 4.30. The summed E-state index contributed by atoms with van der Waals surface area (Å²) in [5.41, 5.74) is 2.53. The Morgan fingerprint density at radius 3 is 2.67 bits per heavy atom. The summed E-state index contributed by atoms with van der Waals surface area (Å²) in [6.45, 7) is 0. The fourth-order valence-corrected chi connectivity index (χ4v) is 2.69. The lowest BCUT2D eigenvalue weighted by atomic mass is 10.1. The largest absolute Gasteiger partial charge is 0.265 e. The molecule has 0 unspecified atom stereocenters. The summed E-state index contributed by atoms with van der Waals surface area (Å²) in [5.74, 6) is 0. The van der Waals surface area contributed by atoms with Crippen LogP contribution in [0.3, 0.4) is 0 Å². The number of rotatable bonds is 1. The molecule has 0 radical (unpaired) electrons. The van der Waals surface area contributed by atoms with Gasteiger partial charge in [-0.3, -0.25) is 4.98 Å². The molecule has 2 heterocycles. The molecule has 3 aromatic rings.